The van der Waals surface area contributed by atoms with Crippen LogP contribution in [0.3, 0.4) is 0 Å². The van der Waals surface area contributed by atoms with Crippen molar-refractivity contribution in [3.05, 3.63) is 84.4 Å². The molecule has 0 atom stereocenters. The van der Waals surface area contributed by atoms with Crippen LogP contribution in [0.5, 0.6) is 17.2 Å². The van der Waals surface area contributed by atoms with E-state index in [1.165, 1.54) is 0 Å². The zero-order chi connectivity index (χ0) is 20.3. The third kappa shape index (κ3) is 5.42. The molecule has 9 heteroatoms. The molecule has 1 N–H and O–H groups in total. The maximum atomic E-state index is 12.4. The van der Waals surface area contributed by atoms with E-state index in [9.17, 15) is 13.2 Å². The summed E-state index contributed by atoms with van der Waals surface area (Å²) in [4.78, 5) is 11.7. The minimum atomic E-state index is -3.99. The summed E-state index contributed by atoms with van der Waals surface area (Å²) in [5.41, 5.74) is 1.16. The number of rotatable bonds is 6. The van der Waals surface area contributed by atoms with Gasteiger partial charge in [0.2, 0.25) is 0 Å². The molecule has 4 rings (SSSR count). The van der Waals surface area contributed by atoms with Crippen LogP contribution in [0, 0.1) is 0 Å². The summed E-state index contributed by atoms with van der Waals surface area (Å²) in [5.74, 6) is 0.755. The summed E-state index contributed by atoms with van der Waals surface area (Å²) < 4.78 is 39.4. The molecule has 3 aromatic rings. The maximum absolute atomic E-state index is 12.4. The third-order valence-electron chi connectivity index (χ3n) is 4.24. The van der Waals surface area contributed by atoms with Crippen LogP contribution in [0.1, 0.15) is 5.56 Å². The SMILES string of the molecule is O=C1CN(c2cc(Oc3ccccc3)ccc2OCc2ccccc2)S(=O)(=O)N1.[K]. The van der Waals surface area contributed by atoms with Crippen molar-refractivity contribution >= 4 is 73.2 Å². The fourth-order valence-corrected chi connectivity index (χ4v) is 4.05. The molecular weight excluding hydrogens is 431 g/mol. The molecule has 7 nitrogen and oxygen atoms in total. The fraction of sp³-hybridized carbons (Fsp3) is 0.0952. The zero-order valence-corrected chi connectivity index (χ0v) is 20.3. The molecule has 0 saturated carbocycles. The second kappa shape index (κ2) is 9.95. The fourth-order valence-electron chi connectivity index (χ4n) is 2.90. The number of nitrogens with one attached hydrogen (secondary N) is 1. The van der Waals surface area contributed by atoms with Gasteiger partial charge in [-0.05, 0) is 29.8 Å². The first-order chi connectivity index (χ1) is 14.0. The number of nitrogens with zero attached hydrogens (tertiary/aromatic N) is 1. The number of anilines is 1. The van der Waals surface area contributed by atoms with Crippen molar-refractivity contribution in [1.82, 2.24) is 4.72 Å². The number of amides is 1. The number of ether oxygens (including phenoxy) is 2. The second-order valence-electron chi connectivity index (χ2n) is 6.36. The molecule has 0 spiro atoms. The normalized spacial score (nSPS) is 14.5. The van der Waals surface area contributed by atoms with E-state index < -0.39 is 16.1 Å². The standard InChI is InChI=1S/C21H18N2O5S.K/c24-21-14-23(29(25,26)22-21)19-13-18(28-17-9-5-2-6-10-17)11-12-20(19)27-15-16-7-3-1-4-8-16;/h1-13H,14-15H2,(H,22,24);. The van der Waals surface area contributed by atoms with E-state index in [-0.39, 0.29) is 70.2 Å². The van der Waals surface area contributed by atoms with E-state index in [1.807, 2.05) is 53.3 Å². The van der Waals surface area contributed by atoms with Crippen molar-refractivity contribution in [2.75, 3.05) is 10.8 Å². The molecule has 1 aliphatic rings. The van der Waals surface area contributed by atoms with Crippen LogP contribution in [0.25, 0.3) is 0 Å². The quantitative estimate of drug-likeness (QED) is 0.585. The summed E-state index contributed by atoms with van der Waals surface area (Å²) in [7, 11) is -3.99. The molecule has 1 radical (unpaired) electrons. The second-order valence-corrected chi connectivity index (χ2v) is 7.95. The first-order valence-electron chi connectivity index (χ1n) is 8.88. The first-order valence-corrected chi connectivity index (χ1v) is 10.3. The van der Waals surface area contributed by atoms with Gasteiger partial charge in [-0.2, -0.15) is 8.42 Å². The Labute approximate surface area is 217 Å². The van der Waals surface area contributed by atoms with Gasteiger partial charge in [0.15, 0.2) is 0 Å². The van der Waals surface area contributed by atoms with Crippen LogP contribution in [0.15, 0.2) is 78.9 Å². The van der Waals surface area contributed by atoms with Crippen molar-refractivity contribution < 1.29 is 22.7 Å². The molecule has 0 aromatic heterocycles. The molecule has 1 amide bonds. The van der Waals surface area contributed by atoms with Crippen molar-refractivity contribution in [3.63, 3.8) is 0 Å². The smallest absolute Gasteiger partial charge is 0.326 e. The van der Waals surface area contributed by atoms with Gasteiger partial charge >= 0.3 is 10.2 Å². The summed E-state index contributed by atoms with van der Waals surface area (Å²) in [6.45, 7) is -0.0686. The van der Waals surface area contributed by atoms with Crippen LogP contribution in [0.4, 0.5) is 5.69 Å². The summed E-state index contributed by atoms with van der Waals surface area (Å²) >= 11 is 0. The van der Waals surface area contributed by atoms with E-state index in [0.717, 1.165) is 9.87 Å². The Bertz CT molecular complexity index is 1120. The van der Waals surface area contributed by atoms with Crippen LogP contribution < -0.4 is 18.5 Å². The number of hydrogen-bond donors (Lipinski definition) is 1. The molecular formula is C21H18KN2O5S. The monoisotopic (exact) mass is 449 g/mol. The molecule has 0 bridgehead atoms. The Hall–Kier alpha value is -1.88. The summed E-state index contributed by atoms with van der Waals surface area (Å²) in [6.07, 6.45) is 0. The number of benzene rings is 3. The van der Waals surface area contributed by atoms with Gasteiger partial charge in [-0.15, -0.1) is 0 Å². The van der Waals surface area contributed by atoms with E-state index in [2.05, 4.69) is 0 Å². The van der Waals surface area contributed by atoms with Crippen molar-refractivity contribution in [1.29, 1.82) is 0 Å². The molecule has 0 aliphatic carbocycles. The third-order valence-corrected chi connectivity index (χ3v) is 5.63. The average Bonchev–Trinajstić information content (AvgIpc) is 3.00. The predicted molar refractivity (Wildman–Crippen MR) is 114 cm³/mol. The van der Waals surface area contributed by atoms with E-state index in [1.54, 1.807) is 30.3 Å². The van der Waals surface area contributed by atoms with Gasteiger partial charge in [-0.25, -0.2) is 9.03 Å². The maximum Gasteiger partial charge on any atom is 0.326 e. The van der Waals surface area contributed by atoms with E-state index in [4.69, 9.17) is 9.47 Å². The van der Waals surface area contributed by atoms with Gasteiger partial charge in [-0.3, -0.25) is 4.79 Å². The Balaban J connectivity index is 0.00000256. The molecule has 149 valence electrons. The van der Waals surface area contributed by atoms with E-state index >= 15 is 0 Å². The van der Waals surface area contributed by atoms with Gasteiger partial charge in [-0.1, -0.05) is 48.5 Å². The van der Waals surface area contributed by atoms with Crippen molar-refractivity contribution in [2.24, 2.45) is 0 Å². The van der Waals surface area contributed by atoms with Crippen molar-refractivity contribution in [2.45, 2.75) is 6.61 Å². The topological polar surface area (TPSA) is 84.9 Å². The number of hydrogen-bond acceptors (Lipinski definition) is 5. The minimum absolute atomic E-state index is 0. The Kier molecular flexibility index (Phi) is 7.56. The van der Waals surface area contributed by atoms with Gasteiger partial charge in [0, 0.05) is 57.5 Å². The Morgan fingerprint density at radius 2 is 1.57 bits per heavy atom. The van der Waals surface area contributed by atoms with Crippen LogP contribution in [-0.4, -0.2) is 72.3 Å². The molecule has 1 saturated heterocycles. The average molecular weight is 450 g/mol. The van der Waals surface area contributed by atoms with Gasteiger partial charge in [0.1, 0.15) is 30.4 Å². The summed E-state index contributed by atoms with van der Waals surface area (Å²) in [6, 6.07) is 23.5. The largest absolute Gasteiger partial charge is 0.487 e. The zero-order valence-electron chi connectivity index (χ0n) is 16.3. The number of carbonyl (C=O) groups is 1. The van der Waals surface area contributed by atoms with E-state index in [0.29, 0.717) is 17.2 Å². The number of carbonyl (C=O) groups excluding carboxylic acids is 1. The molecule has 3 aromatic carbocycles. The van der Waals surface area contributed by atoms with Gasteiger partial charge < -0.3 is 9.47 Å². The van der Waals surface area contributed by atoms with Crippen LogP contribution in [0.2, 0.25) is 0 Å². The van der Waals surface area contributed by atoms with Crippen LogP contribution >= 0.6 is 0 Å². The molecule has 30 heavy (non-hydrogen) atoms. The predicted octanol–water partition coefficient (Wildman–Crippen LogP) is 2.86. The Morgan fingerprint density at radius 1 is 0.900 bits per heavy atom. The van der Waals surface area contributed by atoms with Crippen LogP contribution in [-0.2, 0) is 21.6 Å². The van der Waals surface area contributed by atoms with Gasteiger partial charge in [0.25, 0.3) is 5.91 Å². The molecule has 0 unspecified atom stereocenters. The summed E-state index contributed by atoms with van der Waals surface area (Å²) in [5, 5.41) is 0. The molecule has 1 fully saturated rings. The molecule has 1 heterocycles. The van der Waals surface area contributed by atoms with Gasteiger partial charge in [0.05, 0.1) is 5.69 Å². The molecule has 1 aliphatic heterocycles. The van der Waals surface area contributed by atoms with Crippen molar-refractivity contribution in [3.8, 4) is 17.2 Å². The minimum Gasteiger partial charge on any atom is -0.487 e. The number of para-hydroxylation sites is 1. The first kappa shape index (κ1) is 22.8. The Morgan fingerprint density at radius 3 is 2.20 bits per heavy atom.